The molecule has 0 aliphatic carbocycles. The summed E-state index contributed by atoms with van der Waals surface area (Å²) in [5, 5.41) is 3.49. The zero-order chi connectivity index (χ0) is 15.6. The lowest BCUT2D eigenvalue weighted by Gasteiger charge is -2.27. The molecule has 1 atom stereocenters. The maximum absolute atomic E-state index is 6.16. The van der Waals surface area contributed by atoms with Gasteiger partial charge in [-0.2, -0.15) is 0 Å². The summed E-state index contributed by atoms with van der Waals surface area (Å²) < 4.78 is 6.16. The van der Waals surface area contributed by atoms with Crippen molar-refractivity contribution in [3.8, 4) is 5.75 Å². The summed E-state index contributed by atoms with van der Waals surface area (Å²) in [6, 6.07) is 6.46. The van der Waals surface area contributed by atoms with Crippen LogP contribution in [0.3, 0.4) is 0 Å². The lowest BCUT2D eigenvalue weighted by molar-refractivity contribution is 0.199. The Morgan fingerprint density at radius 2 is 1.70 bits per heavy atom. The summed E-state index contributed by atoms with van der Waals surface area (Å²) >= 11 is 0. The first-order valence-corrected chi connectivity index (χ1v) is 7.52. The first-order valence-electron chi connectivity index (χ1n) is 7.52. The van der Waals surface area contributed by atoms with Gasteiger partial charge in [0.05, 0.1) is 0 Å². The van der Waals surface area contributed by atoms with E-state index in [9.17, 15) is 0 Å². The molecule has 1 aromatic rings. The van der Waals surface area contributed by atoms with Crippen molar-refractivity contribution in [2.75, 3.05) is 6.54 Å². The second-order valence-corrected chi connectivity index (χ2v) is 7.81. The van der Waals surface area contributed by atoms with Crippen molar-refractivity contribution in [2.24, 2.45) is 0 Å². The topological polar surface area (TPSA) is 21.3 Å². The third-order valence-corrected chi connectivity index (χ3v) is 3.19. The van der Waals surface area contributed by atoms with Crippen LogP contribution in [-0.2, 0) is 5.41 Å². The van der Waals surface area contributed by atoms with Crippen LogP contribution in [0.15, 0.2) is 18.2 Å². The van der Waals surface area contributed by atoms with Gasteiger partial charge in [0, 0.05) is 12.1 Å². The molecule has 114 valence electrons. The molecule has 0 radical (unpaired) electrons. The number of benzene rings is 1. The maximum Gasteiger partial charge on any atom is 0.123 e. The Balaban J connectivity index is 2.82. The standard InChI is InChI=1S/C18H31NO/c1-13-9-10-16(15(11-13)17(3,4)5)20-14(2)12-19-18(6,7)8/h9-11,14,19H,12H2,1-8H3. The second-order valence-electron chi connectivity index (χ2n) is 7.81. The van der Waals surface area contributed by atoms with Crippen molar-refractivity contribution in [1.82, 2.24) is 5.32 Å². The minimum absolute atomic E-state index is 0.0958. The Bertz CT molecular complexity index is 438. The quantitative estimate of drug-likeness (QED) is 0.878. The normalized spacial score (nSPS) is 14.2. The summed E-state index contributed by atoms with van der Waals surface area (Å²) in [5.41, 5.74) is 2.78. The average molecular weight is 277 g/mol. The molecule has 20 heavy (non-hydrogen) atoms. The van der Waals surface area contributed by atoms with Gasteiger partial charge in [0.15, 0.2) is 0 Å². The zero-order valence-electron chi connectivity index (χ0n) is 14.4. The van der Waals surface area contributed by atoms with E-state index >= 15 is 0 Å². The number of hydrogen-bond donors (Lipinski definition) is 1. The summed E-state index contributed by atoms with van der Waals surface area (Å²) in [6.45, 7) is 18.3. The molecular weight excluding hydrogens is 246 g/mol. The molecule has 2 nitrogen and oxygen atoms in total. The molecule has 2 heteroatoms. The van der Waals surface area contributed by atoms with E-state index in [4.69, 9.17) is 4.74 Å². The molecule has 0 aliphatic rings. The van der Waals surface area contributed by atoms with Crippen molar-refractivity contribution in [2.45, 2.75) is 72.4 Å². The highest BCUT2D eigenvalue weighted by Gasteiger charge is 2.20. The lowest BCUT2D eigenvalue weighted by Crippen LogP contribution is -2.41. The molecule has 1 aromatic carbocycles. The van der Waals surface area contributed by atoms with E-state index in [1.54, 1.807) is 0 Å². The molecule has 0 saturated carbocycles. The van der Waals surface area contributed by atoms with E-state index in [0.717, 1.165) is 12.3 Å². The fourth-order valence-corrected chi connectivity index (χ4v) is 2.04. The molecule has 0 fully saturated rings. The molecule has 0 bridgehead atoms. The van der Waals surface area contributed by atoms with Gasteiger partial charge in [0.2, 0.25) is 0 Å². The van der Waals surface area contributed by atoms with Gasteiger partial charge < -0.3 is 10.1 Å². The van der Waals surface area contributed by atoms with Crippen molar-refractivity contribution in [1.29, 1.82) is 0 Å². The number of rotatable bonds is 4. The van der Waals surface area contributed by atoms with Crippen molar-refractivity contribution in [3.63, 3.8) is 0 Å². The SMILES string of the molecule is Cc1ccc(OC(C)CNC(C)(C)C)c(C(C)(C)C)c1. The molecule has 0 amide bonds. The van der Waals surface area contributed by atoms with Crippen LogP contribution in [0.5, 0.6) is 5.75 Å². The highest BCUT2D eigenvalue weighted by molar-refractivity contribution is 5.41. The van der Waals surface area contributed by atoms with Gasteiger partial charge in [0.25, 0.3) is 0 Å². The summed E-state index contributed by atoms with van der Waals surface area (Å²) in [5.74, 6) is 1.01. The van der Waals surface area contributed by atoms with Crippen LogP contribution in [-0.4, -0.2) is 18.2 Å². The first-order chi connectivity index (χ1) is 8.99. The molecule has 1 unspecified atom stereocenters. The molecule has 0 aromatic heterocycles. The first kappa shape index (κ1) is 17.0. The molecular formula is C18H31NO. The van der Waals surface area contributed by atoms with Gasteiger partial charge in [-0.05, 0) is 51.7 Å². The van der Waals surface area contributed by atoms with E-state index in [2.05, 4.69) is 78.9 Å². The van der Waals surface area contributed by atoms with Crippen molar-refractivity contribution >= 4 is 0 Å². The average Bonchev–Trinajstić information content (AvgIpc) is 2.26. The maximum atomic E-state index is 6.16. The van der Waals surface area contributed by atoms with E-state index in [0.29, 0.717) is 0 Å². The Morgan fingerprint density at radius 1 is 1.10 bits per heavy atom. The van der Waals surface area contributed by atoms with E-state index in [-0.39, 0.29) is 17.1 Å². The fourth-order valence-electron chi connectivity index (χ4n) is 2.04. The third kappa shape index (κ3) is 5.54. The fraction of sp³-hybridized carbons (Fsp3) is 0.667. The molecule has 0 aliphatic heterocycles. The molecule has 0 saturated heterocycles. The van der Waals surface area contributed by atoms with Crippen LogP contribution in [0.4, 0.5) is 0 Å². The minimum Gasteiger partial charge on any atom is -0.489 e. The smallest absolute Gasteiger partial charge is 0.123 e. The predicted octanol–water partition coefficient (Wildman–Crippen LogP) is 4.45. The predicted molar refractivity (Wildman–Crippen MR) is 87.7 cm³/mol. The van der Waals surface area contributed by atoms with Crippen LogP contribution in [0.1, 0.15) is 59.6 Å². The number of ether oxygens (including phenoxy) is 1. The highest BCUT2D eigenvalue weighted by atomic mass is 16.5. The lowest BCUT2D eigenvalue weighted by atomic mass is 9.85. The van der Waals surface area contributed by atoms with Gasteiger partial charge in [-0.3, -0.25) is 0 Å². The minimum atomic E-state index is 0.0958. The van der Waals surface area contributed by atoms with Crippen molar-refractivity contribution < 1.29 is 4.74 Å². The summed E-state index contributed by atoms with van der Waals surface area (Å²) in [4.78, 5) is 0. The van der Waals surface area contributed by atoms with Crippen LogP contribution >= 0.6 is 0 Å². The Morgan fingerprint density at radius 3 is 2.20 bits per heavy atom. The van der Waals surface area contributed by atoms with Gasteiger partial charge in [0.1, 0.15) is 11.9 Å². The van der Waals surface area contributed by atoms with Gasteiger partial charge >= 0.3 is 0 Å². The van der Waals surface area contributed by atoms with Crippen LogP contribution in [0, 0.1) is 6.92 Å². The van der Waals surface area contributed by atoms with Crippen LogP contribution in [0.2, 0.25) is 0 Å². The molecule has 1 rings (SSSR count). The van der Waals surface area contributed by atoms with E-state index < -0.39 is 0 Å². The molecule has 0 heterocycles. The monoisotopic (exact) mass is 277 g/mol. The summed E-state index contributed by atoms with van der Waals surface area (Å²) in [7, 11) is 0. The number of hydrogen-bond acceptors (Lipinski definition) is 2. The number of nitrogens with one attached hydrogen (secondary N) is 1. The Kier molecular flexibility index (Phi) is 5.26. The van der Waals surface area contributed by atoms with Crippen molar-refractivity contribution in [3.05, 3.63) is 29.3 Å². The van der Waals surface area contributed by atoms with Gasteiger partial charge in [-0.1, -0.05) is 38.5 Å². The molecule has 0 spiro atoms. The highest BCUT2D eigenvalue weighted by Crippen LogP contribution is 2.32. The number of aryl methyl sites for hydroxylation is 1. The Labute approximate surface area is 124 Å². The molecule has 1 N–H and O–H groups in total. The van der Waals surface area contributed by atoms with Crippen LogP contribution < -0.4 is 10.1 Å². The Hall–Kier alpha value is -1.02. The zero-order valence-corrected chi connectivity index (χ0v) is 14.4. The third-order valence-electron chi connectivity index (χ3n) is 3.19. The van der Waals surface area contributed by atoms with E-state index in [1.165, 1.54) is 11.1 Å². The largest absolute Gasteiger partial charge is 0.489 e. The van der Waals surface area contributed by atoms with Crippen LogP contribution in [0.25, 0.3) is 0 Å². The van der Waals surface area contributed by atoms with Gasteiger partial charge in [-0.15, -0.1) is 0 Å². The summed E-state index contributed by atoms with van der Waals surface area (Å²) in [6.07, 6.45) is 0.151. The van der Waals surface area contributed by atoms with E-state index in [1.807, 2.05) is 0 Å². The van der Waals surface area contributed by atoms with Gasteiger partial charge in [-0.25, -0.2) is 0 Å². The second kappa shape index (κ2) is 6.17.